The summed E-state index contributed by atoms with van der Waals surface area (Å²) in [7, 11) is 0. The first-order chi connectivity index (χ1) is 10.5. The molecule has 1 aromatic heterocycles. The van der Waals surface area contributed by atoms with Crippen LogP contribution >= 0.6 is 11.6 Å². The number of rotatable bonds is 1. The van der Waals surface area contributed by atoms with Gasteiger partial charge >= 0.3 is 0 Å². The highest BCUT2D eigenvalue weighted by molar-refractivity contribution is 6.31. The van der Waals surface area contributed by atoms with Gasteiger partial charge in [0.15, 0.2) is 0 Å². The van der Waals surface area contributed by atoms with Gasteiger partial charge in [0, 0.05) is 21.8 Å². The normalized spacial score (nSPS) is 10.8. The van der Waals surface area contributed by atoms with Crippen molar-refractivity contribution in [3.8, 4) is 0 Å². The van der Waals surface area contributed by atoms with Crippen LogP contribution in [-0.2, 0) is 0 Å². The summed E-state index contributed by atoms with van der Waals surface area (Å²) in [6.45, 7) is 1.68. The zero-order valence-electron chi connectivity index (χ0n) is 11.8. The van der Waals surface area contributed by atoms with Gasteiger partial charge in [-0.15, -0.1) is 0 Å². The maximum atomic E-state index is 12.8. The van der Waals surface area contributed by atoms with Crippen LogP contribution in [0.4, 0.5) is 5.69 Å². The number of fused-ring (bicyclic) bond motifs is 1. The lowest BCUT2D eigenvalue weighted by Crippen LogP contribution is -2.29. The molecule has 0 saturated carbocycles. The number of carbonyl (C=O) groups excluding carboxylic acids is 1. The third-order valence-electron chi connectivity index (χ3n) is 3.48. The number of nitrogens with two attached hydrogens (primary N) is 1. The molecule has 0 amide bonds. The second-order valence-corrected chi connectivity index (χ2v) is 5.54. The quantitative estimate of drug-likeness (QED) is 0.702. The van der Waals surface area contributed by atoms with Crippen molar-refractivity contribution in [1.82, 2.24) is 4.57 Å². The first-order valence-corrected chi connectivity index (χ1v) is 7.07. The van der Waals surface area contributed by atoms with Gasteiger partial charge in [-0.3, -0.25) is 9.59 Å². The molecule has 0 spiro atoms. The van der Waals surface area contributed by atoms with Gasteiger partial charge in [0.25, 0.3) is 11.5 Å². The van der Waals surface area contributed by atoms with Crippen LogP contribution in [-0.4, -0.2) is 10.5 Å². The monoisotopic (exact) mass is 312 g/mol. The summed E-state index contributed by atoms with van der Waals surface area (Å²) in [5.74, 6) is -0.424. The standard InChI is InChI=1S/C17H13ClN2O2/c1-10-7-11-5-6-14(19)9-15(11)20(16(10)21)17(22)12-3-2-4-13(18)8-12/h2-9H,19H2,1H3. The fourth-order valence-electron chi connectivity index (χ4n) is 2.41. The van der Waals surface area contributed by atoms with E-state index in [1.165, 1.54) is 6.07 Å². The number of nitrogen functional groups attached to an aromatic ring is 1. The molecule has 5 heteroatoms. The second-order valence-electron chi connectivity index (χ2n) is 5.10. The van der Waals surface area contributed by atoms with E-state index in [0.717, 1.165) is 9.95 Å². The van der Waals surface area contributed by atoms with E-state index in [2.05, 4.69) is 0 Å². The van der Waals surface area contributed by atoms with Crippen molar-refractivity contribution in [2.24, 2.45) is 0 Å². The van der Waals surface area contributed by atoms with E-state index in [1.54, 1.807) is 49.4 Å². The molecule has 22 heavy (non-hydrogen) atoms. The van der Waals surface area contributed by atoms with Crippen LogP contribution in [0.5, 0.6) is 0 Å². The molecule has 0 aliphatic carbocycles. The molecule has 0 saturated heterocycles. The van der Waals surface area contributed by atoms with Crippen molar-refractivity contribution in [2.75, 3.05) is 5.73 Å². The van der Waals surface area contributed by atoms with Gasteiger partial charge in [0.1, 0.15) is 0 Å². The predicted octanol–water partition coefficient (Wildman–Crippen LogP) is 3.23. The molecule has 2 aromatic carbocycles. The number of anilines is 1. The number of aromatic nitrogens is 1. The molecule has 1 heterocycles. The lowest BCUT2D eigenvalue weighted by molar-refractivity contribution is 0.0961. The molecule has 3 rings (SSSR count). The van der Waals surface area contributed by atoms with Gasteiger partial charge in [-0.25, -0.2) is 4.57 Å². The third kappa shape index (κ3) is 2.38. The Morgan fingerprint density at radius 2 is 1.91 bits per heavy atom. The fraction of sp³-hybridized carbons (Fsp3) is 0.0588. The van der Waals surface area contributed by atoms with Crippen molar-refractivity contribution in [1.29, 1.82) is 0 Å². The smallest absolute Gasteiger partial charge is 0.265 e. The van der Waals surface area contributed by atoms with Crippen LogP contribution in [0, 0.1) is 6.92 Å². The van der Waals surface area contributed by atoms with Gasteiger partial charge in [0.05, 0.1) is 5.52 Å². The molecule has 0 bridgehead atoms. The van der Waals surface area contributed by atoms with E-state index in [0.29, 0.717) is 27.4 Å². The zero-order chi connectivity index (χ0) is 15.9. The minimum Gasteiger partial charge on any atom is -0.399 e. The maximum absolute atomic E-state index is 12.8. The molecule has 110 valence electrons. The minimum atomic E-state index is -0.424. The van der Waals surface area contributed by atoms with Crippen LogP contribution in [0.15, 0.2) is 53.3 Å². The Morgan fingerprint density at radius 1 is 1.14 bits per heavy atom. The summed E-state index contributed by atoms with van der Waals surface area (Å²) >= 11 is 5.93. The lowest BCUT2D eigenvalue weighted by Gasteiger charge is -2.11. The van der Waals surface area contributed by atoms with Gasteiger partial charge in [-0.05, 0) is 48.7 Å². The highest BCUT2D eigenvalue weighted by atomic mass is 35.5. The average molecular weight is 313 g/mol. The molecular weight excluding hydrogens is 300 g/mol. The number of benzene rings is 2. The first-order valence-electron chi connectivity index (χ1n) is 6.69. The van der Waals surface area contributed by atoms with Crippen molar-refractivity contribution in [2.45, 2.75) is 6.92 Å². The van der Waals surface area contributed by atoms with Crippen molar-refractivity contribution in [3.05, 3.63) is 75.0 Å². The van der Waals surface area contributed by atoms with Crippen LogP contribution in [0.3, 0.4) is 0 Å². The van der Waals surface area contributed by atoms with E-state index >= 15 is 0 Å². The Balaban J connectivity index is 2.34. The summed E-state index contributed by atoms with van der Waals surface area (Å²) < 4.78 is 1.15. The molecule has 2 N–H and O–H groups in total. The second kappa shape index (κ2) is 5.31. The Labute approximate surface area is 131 Å². The zero-order valence-corrected chi connectivity index (χ0v) is 12.6. The summed E-state index contributed by atoms with van der Waals surface area (Å²) in [5.41, 5.74) is 7.26. The van der Waals surface area contributed by atoms with Gasteiger partial charge in [0.2, 0.25) is 0 Å². The van der Waals surface area contributed by atoms with E-state index in [1.807, 2.05) is 0 Å². The molecule has 0 atom stereocenters. The Morgan fingerprint density at radius 3 is 2.64 bits per heavy atom. The molecule has 0 aliphatic heterocycles. The Bertz CT molecular complexity index is 961. The van der Waals surface area contributed by atoms with Crippen molar-refractivity contribution in [3.63, 3.8) is 0 Å². The minimum absolute atomic E-state index is 0.351. The van der Waals surface area contributed by atoms with E-state index < -0.39 is 5.91 Å². The fourth-order valence-corrected chi connectivity index (χ4v) is 2.60. The number of carbonyl (C=O) groups is 1. The predicted molar refractivity (Wildman–Crippen MR) is 88.5 cm³/mol. The molecular formula is C17H13ClN2O2. The molecule has 0 fully saturated rings. The molecule has 3 aromatic rings. The summed E-state index contributed by atoms with van der Waals surface area (Å²) in [5, 5.41) is 1.22. The molecule has 0 aliphatic rings. The largest absolute Gasteiger partial charge is 0.399 e. The molecule has 0 radical (unpaired) electrons. The SMILES string of the molecule is Cc1cc2ccc(N)cc2n(C(=O)c2cccc(Cl)c2)c1=O. The van der Waals surface area contributed by atoms with Gasteiger partial charge in [-0.2, -0.15) is 0 Å². The number of nitrogens with zero attached hydrogens (tertiary/aromatic N) is 1. The van der Waals surface area contributed by atoms with E-state index in [-0.39, 0.29) is 5.56 Å². The van der Waals surface area contributed by atoms with Crippen LogP contribution < -0.4 is 11.3 Å². The Hall–Kier alpha value is -2.59. The van der Waals surface area contributed by atoms with Crippen LogP contribution in [0.1, 0.15) is 15.9 Å². The summed E-state index contributed by atoms with van der Waals surface area (Å²) in [6.07, 6.45) is 0. The van der Waals surface area contributed by atoms with Crippen molar-refractivity contribution < 1.29 is 4.79 Å². The first kappa shape index (κ1) is 14.4. The highest BCUT2D eigenvalue weighted by Crippen LogP contribution is 2.19. The number of aryl methyl sites for hydroxylation is 1. The number of pyridine rings is 1. The summed E-state index contributed by atoms with van der Waals surface area (Å²) in [4.78, 5) is 25.2. The van der Waals surface area contributed by atoms with Crippen molar-refractivity contribution >= 4 is 34.1 Å². The number of hydrogen-bond donors (Lipinski definition) is 1. The summed E-state index contributed by atoms with van der Waals surface area (Å²) in [6, 6.07) is 13.4. The number of hydrogen-bond acceptors (Lipinski definition) is 3. The molecule has 0 unspecified atom stereocenters. The van der Waals surface area contributed by atoms with Gasteiger partial charge in [-0.1, -0.05) is 23.7 Å². The topological polar surface area (TPSA) is 65.1 Å². The highest BCUT2D eigenvalue weighted by Gasteiger charge is 2.16. The third-order valence-corrected chi connectivity index (χ3v) is 3.72. The van der Waals surface area contributed by atoms with Gasteiger partial charge < -0.3 is 5.73 Å². The van der Waals surface area contributed by atoms with E-state index in [4.69, 9.17) is 17.3 Å². The van der Waals surface area contributed by atoms with Crippen LogP contribution in [0.25, 0.3) is 10.9 Å². The molecule has 4 nitrogen and oxygen atoms in total. The Kier molecular flexibility index (Phi) is 3.47. The maximum Gasteiger partial charge on any atom is 0.265 e. The average Bonchev–Trinajstić information content (AvgIpc) is 2.49. The van der Waals surface area contributed by atoms with E-state index in [9.17, 15) is 9.59 Å². The van der Waals surface area contributed by atoms with Crippen LogP contribution in [0.2, 0.25) is 5.02 Å². The number of halogens is 1. The lowest BCUT2D eigenvalue weighted by atomic mass is 10.1.